The fourth-order valence-electron chi connectivity index (χ4n) is 4.70. The predicted molar refractivity (Wildman–Crippen MR) is 154 cm³/mol. The number of carbonyl (C=O) groups is 1. The van der Waals surface area contributed by atoms with Crippen molar-refractivity contribution in [3.05, 3.63) is 50.0 Å². The van der Waals surface area contributed by atoms with Gasteiger partial charge in [-0.25, -0.2) is 18.4 Å². The molecule has 1 aromatic heterocycles. The van der Waals surface area contributed by atoms with Gasteiger partial charge in [-0.3, -0.25) is 0 Å². The second-order valence-corrected chi connectivity index (χ2v) is 20.4. The molecule has 0 aliphatic heterocycles. The number of hydrogen-bond acceptors (Lipinski definition) is 6. The number of anilines is 1. The molecule has 0 bridgehead atoms. The number of aliphatic hydroxyl groups is 1. The van der Waals surface area contributed by atoms with E-state index in [1.165, 1.54) is 35.4 Å². The van der Waals surface area contributed by atoms with Crippen molar-refractivity contribution in [3.63, 3.8) is 0 Å². The number of hydrogen-bond donors (Lipinski definition) is 3. The Kier molecular flexibility index (Phi) is 7.83. The first kappa shape index (κ1) is 28.7. The summed E-state index contributed by atoms with van der Waals surface area (Å²) in [7, 11) is -5.87. The average Bonchev–Trinajstić information content (AvgIpc) is 3.56. The minimum absolute atomic E-state index is 0.191. The molecule has 2 aromatic rings. The molecule has 2 atom stereocenters. The normalized spacial score (nSPS) is 18.1. The van der Waals surface area contributed by atoms with E-state index in [2.05, 4.69) is 69.0 Å². The number of thiazole rings is 1. The Bertz CT molecular complexity index is 1400. The number of carbonyl (C=O) groups excluding carboxylic acids is 1. The highest BCUT2D eigenvalue weighted by atomic mass is 32.2. The summed E-state index contributed by atoms with van der Waals surface area (Å²) in [6, 6.07) is 1.63. The van der Waals surface area contributed by atoms with Gasteiger partial charge in [-0.15, -0.1) is 15.7 Å². The number of rotatable bonds is 7. The van der Waals surface area contributed by atoms with E-state index in [1.54, 1.807) is 0 Å². The second kappa shape index (κ2) is 10.4. The van der Waals surface area contributed by atoms with Gasteiger partial charge in [0.1, 0.15) is 23.1 Å². The molecular weight excluding hydrogens is 539 g/mol. The van der Waals surface area contributed by atoms with E-state index in [0.717, 1.165) is 55.5 Å². The van der Waals surface area contributed by atoms with Gasteiger partial charge in [0.05, 0.1) is 12.7 Å². The third kappa shape index (κ3) is 5.68. The minimum atomic E-state index is -3.45. The van der Waals surface area contributed by atoms with Crippen molar-refractivity contribution < 1.29 is 14.1 Å². The van der Waals surface area contributed by atoms with Crippen molar-refractivity contribution in [1.29, 1.82) is 0 Å². The fraction of sp³-hybridized carbons (Fsp3) is 0.600. The van der Waals surface area contributed by atoms with Crippen molar-refractivity contribution in [2.24, 2.45) is 9.48 Å². The van der Waals surface area contributed by atoms with Crippen molar-refractivity contribution >= 4 is 41.2 Å². The van der Waals surface area contributed by atoms with Crippen LogP contribution < -0.4 is 9.70 Å². The van der Waals surface area contributed by atoms with Gasteiger partial charge in [0.15, 0.2) is 9.92 Å². The molecule has 0 spiro atoms. The molecular formula is C25H37N7O3S2Si. The third-order valence-electron chi connectivity index (χ3n) is 7.84. The van der Waals surface area contributed by atoms with Gasteiger partial charge in [-0.2, -0.15) is 0 Å². The Morgan fingerprint density at radius 1 is 1.18 bits per heavy atom. The Morgan fingerprint density at radius 2 is 1.79 bits per heavy atom. The summed E-state index contributed by atoms with van der Waals surface area (Å²) in [6.07, 6.45) is 7.34. The topological polar surface area (TPSA) is 152 Å². The van der Waals surface area contributed by atoms with Crippen LogP contribution in [0.3, 0.4) is 0 Å². The molecule has 2 amide bonds. The van der Waals surface area contributed by atoms with Crippen LogP contribution in [0.2, 0.25) is 18.1 Å². The van der Waals surface area contributed by atoms with Crippen LogP contribution in [0.25, 0.3) is 10.4 Å². The van der Waals surface area contributed by atoms with Crippen LogP contribution in [0.5, 0.6) is 0 Å². The average molecular weight is 576 g/mol. The molecule has 0 radical (unpaired) electrons. The Hall–Kier alpha value is -2.28. The number of nitrogens with one attached hydrogen (secondary N) is 2. The zero-order valence-corrected chi connectivity index (χ0v) is 25.6. The molecule has 3 N–H and O–H groups in total. The van der Waals surface area contributed by atoms with Crippen molar-refractivity contribution in [3.8, 4) is 0 Å². The van der Waals surface area contributed by atoms with Gasteiger partial charge in [0.2, 0.25) is 0 Å². The lowest BCUT2D eigenvalue weighted by molar-refractivity contribution is 0.0666. The van der Waals surface area contributed by atoms with Gasteiger partial charge in [-0.05, 0) is 78.3 Å². The molecule has 1 aromatic carbocycles. The predicted octanol–water partition coefficient (Wildman–Crippen LogP) is 6.21. The summed E-state index contributed by atoms with van der Waals surface area (Å²) in [4.78, 5) is 20.5. The molecule has 1 heterocycles. The third-order valence-corrected chi connectivity index (χ3v) is 17.8. The summed E-state index contributed by atoms with van der Waals surface area (Å²) < 4.78 is 22.4. The number of azide groups is 1. The first-order valence-electron chi connectivity index (χ1n) is 12.9. The lowest BCUT2D eigenvalue weighted by Crippen LogP contribution is -2.54. The number of urea groups is 1. The Labute approximate surface area is 229 Å². The van der Waals surface area contributed by atoms with Crippen molar-refractivity contribution in [1.82, 2.24) is 9.37 Å². The summed E-state index contributed by atoms with van der Waals surface area (Å²) in [6.45, 7) is 11.6. The first-order chi connectivity index (χ1) is 17.7. The molecule has 10 nitrogen and oxygen atoms in total. The SMILES string of the molecule is CC(O)(CN=[N+]=[N-])c1ncc(S(=O)(=NC(=O)Nc2c3c(cc4c2CCC4)CCC3)N[Si](C)(C)C(C)(C)C)s1. The highest BCUT2D eigenvalue weighted by Gasteiger charge is 2.40. The highest BCUT2D eigenvalue weighted by molar-refractivity contribution is 7.95. The van der Waals surface area contributed by atoms with Crippen LogP contribution in [0.15, 0.2) is 25.9 Å². The lowest BCUT2D eigenvalue weighted by atomic mass is 9.99. The molecule has 13 heteroatoms. The van der Waals surface area contributed by atoms with E-state index >= 15 is 0 Å². The molecule has 2 aliphatic rings. The summed E-state index contributed by atoms with van der Waals surface area (Å²) >= 11 is 1.00. The highest BCUT2D eigenvalue weighted by Crippen LogP contribution is 2.40. The number of fused-ring (bicyclic) bond motifs is 2. The van der Waals surface area contributed by atoms with Gasteiger partial charge in [-0.1, -0.05) is 45.0 Å². The van der Waals surface area contributed by atoms with E-state index < -0.39 is 29.8 Å². The molecule has 2 aliphatic carbocycles. The van der Waals surface area contributed by atoms with E-state index in [4.69, 9.17) is 5.53 Å². The van der Waals surface area contributed by atoms with Crippen LogP contribution in [-0.2, 0) is 41.2 Å². The largest absolute Gasteiger partial charge is 0.383 e. The van der Waals surface area contributed by atoms with Gasteiger partial charge in [0, 0.05) is 10.6 Å². The molecule has 206 valence electrons. The van der Waals surface area contributed by atoms with E-state index in [0.29, 0.717) is 0 Å². The van der Waals surface area contributed by atoms with Crippen LogP contribution in [0.1, 0.15) is 67.8 Å². The molecule has 0 saturated heterocycles. The van der Waals surface area contributed by atoms with Crippen LogP contribution >= 0.6 is 11.3 Å². The Morgan fingerprint density at radius 3 is 2.34 bits per heavy atom. The molecule has 4 rings (SSSR count). The summed E-state index contributed by atoms with van der Waals surface area (Å²) in [5.41, 5.74) is 12.9. The van der Waals surface area contributed by atoms with E-state index in [9.17, 15) is 14.1 Å². The zero-order valence-electron chi connectivity index (χ0n) is 22.9. The lowest BCUT2D eigenvalue weighted by Gasteiger charge is -2.37. The maximum absolute atomic E-state index is 14.6. The van der Waals surface area contributed by atoms with E-state index in [1.807, 2.05) is 0 Å². The number of benzene rings is 1. The molecule has 2 unspecified atom stereocenters. The number of nitrogens with zero attached hydrogens (tertiary/aromatic N) is 5. The summed E-state index contributed by atoms with van der Waals surface area (Å²) in [5, 5.41) is 17.3. The van der Waals surface area contributed by atoms with Gasteiger partial charge in [0.25, 0.3) is 0 Å². The molecule has 0 saturated carbocycles. The maximum Gasteiger partial charge on any atom is 0.354 e. The smallest absolute Gasteiger partial charge is 0.354 e. The second-order valence-electron chi connectivity index (χ2n) is 11.9. The number of aryl methyl sites for hydroxylation is 2. The Balaban J connectivity index is 1.76. The van der Waals surface area contributed by atoms with Crippen LogP contribution in [0.4, 0.5) is 10.5 Å². The number of aromatic nitrogens is 1. The van der Waals surface area contributed by atoms with E-state index in [-0.39, 0.29) is 20.8 Å². The summed E-state index contributed by atoms with van der Waals surface area (Å²) in [5.74, 6) is 0. The van der Waals surface area contributed by atoms with Gasteiger partial charge < -0.3 is 10.4 Å². The zero-order chi connectivity index (χ0) is 27.9. The van der Waals surface area contributed by atoms with Gasteiger partial charge >= 0.3 is 6.03 Å². The monoisotopic (exact) mass is 575 g/mol. The quantitative estimate of drug-likeness (QED) is 0.155. The standard InChI is InChI=1S/C25H37N7O3S2Si/c1-24(2,3)38(5,6)32-37(35,20-14-27-22(36-20)25(4,34)15-28-31-26)30-23(33)29-21-18-11-7-9-16(18)13-17-10-8-12-19(17)21/h13-14,34H,7-12,15H2,1-6H3,(H2,29,30,32,33,35). The van der Waals surface area contributed by atoms with Crippen LogP contribution in [0, 0.1) is 0 Å². The fourth-order valence-corrected chi connectivity index (χ4v) is 11.7. The molecule has 0 fully saturated rings. The maximum atomic E-state index is 14.6. The first-order valence-corrected chi connectivity index (χ1v) is 18.2. The van der Waals surface area contributed by atoms with Crippen molar-refractivity contribution in [2.45, 2.75) is 94.2 Å². The minimum Gasteiger partial charge on any atom is -0.383 e. The molecule has 38 heavy (non-hydrogen) atoms. The number of amides is 2. The van der Waals surface area contributed by atoms with Crippen molar-refractivity contribution in [2.75, 3.05) is 11.9 Å². The van der Waals surface area contributed by atoms with Crippen LogP contribution in [-0.4, -0.2) is 35.1 Å².